The van der Waals surface area contributed by atoms with Gasteiger partial charge in [0.15, 0.2) is 0 Å². The van der Waals surface area contributed by atoms with Crippen molar-refractivity contribution in [2.45, 2.75) is 19.3 Å². The zero-order valence-electron chi connectivity index (χ0n) is 13.1. The number of methoxy groups -OCH3 is 2. The van der Waals surface area contributed by atoms with Crippen molar-refractivity contribution in [1.82, 2.24) is 20.2 Å². The largest absolute Gasteiger partial charge is 0.481 e. The van der Waals surface area contributed by atoms with E-state index < -0.39 is 0 Å². The molecule has 2 fully saturated rings. The van der Waals surface area contributed by atoms with Crippen LogP contribution in [0.5, 0.6) is 11.9 Å². The zero-order chi connectivity index (χ0) is 15.6. The molecule has 0 aliphatic carbocycles. The minimum absolute atomic E-state index is 0.0787. The number of nitrogens with one attached hydrogen (secondary N) is 1. The third-order valence-corrected chi connectivity index (χ3v) is 4.57. The van der Waals surface area contributed by atoms with E-state index in [9.17, 15) is 4.79 Å². The smallest absolute Gasteiger partial charge is 0.320 e. The average molecular weight is 306 g/mol. The maximum Gasteiger partial charge on any atom is 0.320 e. The minimum Gasteiger partial charge on any atom is -0.481 e. The molecule has 0 radical (unpaired) electrons. The molecule has 2 aliphatic rings. The number of rotatable bonds is 3. The monoisotopic (exact) mass is 306 g/mol. The maximum atomic E-state index is 12.8. The Morgan fingerprint density at radius 3 is 2.86 bits per heavy atom. The Bertz CT molecular complexity index is 535. The summed E-state index contributed by atoms with van der Waals surface area (Å²) in [5.74, 6) is 0.259. The lowest BCUT2D eigenvalue weighted by molar-refractivity contribution is 0.0546. The molecule has 0 aromatic carbocycles. The molecule has 2 aliphatic heterocycles. The number of amides is 1. The summed E-state index contributed by atoms with van der Waals surface area (Å²) in [7, 11) is 2.99. The first-order chi connectivity index (χ1) is 10.7. The highest BCUT2D eigenvalue weighted by molar-refractivity contribution is 5.92. The van der Waals surface area contributed by atoms with Crippen molar-refractivity contribution in [3.63, 3.8) is 0 Å². The van der Waals surface area contributed by atoms with Gasteiger partial charge in [0.05, 0.1) is 14.2 Å². The summed E-state index contributed by atoms with van der Waals surface area (Å²) in [6, 6.07) is 1.72. The van der Waals surface area contributed by atoms with Gasteiger partial charge in [-0.05, 0) is 25.8 Å². The van der Waals surface area contributed by atoms with Crippen molar-refractivity contribution in [1.29, 1.82) is 0 Å². The molecule has 1 amide bonds. The molecule has 7 nitrogen and oxygen atoms in total. The van der Waals surface area contributed by atoms with Crippen LogP contribution in [0, 0.1) is 5.41 Å². The molecule has 1 aromatic rings. The molecule has 1 aromatic heterocycles. The van der Waals surface area contributed by atoms with Crippen molar-refractivity contribution in [3.05, 3.63) is 11.8 Å². The van der Waals surface area contributed by atoms with Crippen molar-refractivity contribution in [2.75, 3.05) is 40.4 Å². The lowest BCUT2D eigenvalue weighted by Gasteiger charge is -2.39. The Hall–Kier alpha value is -1.89. The summed E-state index contributed by atoms with van der Waals surface area (Å²) in [5.41, 5.74) is 0.557. The van der Waals surface area contributed by atoms with Crippen LogP contribution in [0.25, 0.3) is 0 Å². The molecule has 120 valence electrons. The third-order valence-electron chi connectivity index (χ3n) is 4.57. The normalized spacial score (nSPS) is 24.5. The van der Waals surface area contributed by atoms with Gasteiger partial charge in [0.1, 0.15) is 5.69 Å². The number of ether oxygens (including phenoxy) is 2. The fourth-order valence-corrected chi connectivity index (χ4v) is 3.40. The summed E-state index contributed by atoms with van der Waals surface area (Å²) in [6.45, 7) is 3.59. The van der Waals surface area contributed by atoms with E-state index in [1.165, 1.54) is 20.6 Å². The SMILES string of the molecule is COc1cc(C(=O)N2CCC[C@@]3(CCNC3)C2)nc(OC)n1. The number of hydrogen-bond donors (Lipinski definition) is 1. The van der Waals surface area contributed by atoms with E-state index in [-0.39, 0.29) is 17.3 Å². The number of likely N-dealkylation sites (tertiary alicyclic amines) is 1. The number of hydrogen-bond acceptors (Lipinski definition) is 6. The Labute approximate surface area is 130 Å². The standard InChI is InChI=1S/C15H22N4O3/c1-21-12-8-11(17-14(18-12)22-2)13(20)19-7-3-4-15(10-19)5-6-16-9-15/h8,16H,3-7,9-10H2,1-2H3/t15-/m0/s1. The van der Waals surface area contributed by atoms with Gasteiger partial charge in [-0.3, -0.25) is 4.79 Å². The topological polar surface area (TPSA) is 76.6 Å². The van der Waals surface area contributed by atoms with Crippen LogP contribution >= 0.6 is 0 Å². The molecule has 3 heterocycles. The van der Waals surface area contributed by atoms with E-state index in [4.69, 9.17) is 9.47 Å². The number of piperidine rings is 1. The minimum atomic E-state index is -0.0787. The second-order valence-corrected chi connectivity index (χ2v) is 6.04. The lowest BCUT2D eigenvalue weighted by Crippen LogP contribution is -2.47. The molecule has 7 heteroatoms. The van der Waals surface area contributed by atoms with E-state index >= 15 is 0 Å². The van der Waals surface area contributed by atoms with Gasteiger partial charge in [0.2, 0.25) is 5.88 Å². The molecule has 0 saturated carbocycles. The van der Waals surface area contributed by atoms with Crippen LogP contribution in [0.1, 0.15) is 29.8 Å². The number of nitrogens with zero attached hydrogens (tertiary/aromatic N) is 3. The highest BCUT2D eigenvalue weighted by Crippen LogP contribution is 2.36. The molecule has 0 unspecified atom stereocenters. The molecule has 22 heavy (non-hydrogen) atoms. The lowest BCUT2D eigenvalue weighted by atomic mass is 9.79. The Morgan fingerprint density at radius 1 is 1.32 bits per heavy atom. The molecule has 1 spiro atoms. The molecule has 2 saturated heterocycles. The quantitative estimate of drug-likeness (QED) is 0.886. The van der Waals surface area contributed by atoms with Gasteiger partial charge in [-0.15, -0.1) is 0 Å². The second-order valence-electron chi connectivity index (χ2n) is 6.04. The molecule has 0 bridgehead atoms. The first kappa shape index (κ1) is 15.0. The van der Waals surface area contributed by atoms with Gasteiger partial charge in [-0.1, -0.05) is 0 Å². The summed E-state index contributed by atoms with van der Waals surface area (Å²) < 4.78 is 10.2. The van der Waals surface area contributed by atoms with Crippen molar-refractivity contribution < 1.29 is 14.3 Å². The Morgan fingerprint density at radius 2 is 2.18 bits per heavy atom. The van der Waals surface area contributed by atoms with Crippen molar-refractivity contribution in [3.8, 4) is 11.9 Å². The van der Waals surface area contributed by atoms with Crippen LogP contribution in [0.4, 0.5) is 0 Å². The highest BCUT2D eigenvalue weighted by Gasteiger charge is 2.39. The average Bonchev–Trinajstić information content (AvgIpc) is 3.01. The fraction of sp³-hybridized carbons (Fsp3) is 0.667. The van der Waals surface area contributed by atoms with Gasteiger partial charge in [-0.2, -0.15) is 9.97 Å². The van der Waals surface area contributed by atoms with Gasteiger partial charge in [0.25, 0.3) is 5.91 Å². The first-order valence-corrected chi connectivity index (χ1v) is 7.63. The number of carbonyl (C=O) groups is 1. The van der Waals surface area contributed by atoms with Crippen LogP contribution in [0.15, 0.2) is 6.07 Å². The molecule has 3 rings (SSSR count). The van der Waals surface area contributed by atoms with E-state index in [0.717, 1.165) is 39.0 Å². The van der Waals surface area contributed by atoms with Crippen LogP contribution < -0.4 is 14.8 Å². The molecule has 1 atom stereocenters. The predicted molar refractivity (Wildman–Crippen MR) is 80.2 cm³/mol. The van der Waals surface area contributed by atoms with Crippen LogP contribution in [0.3, 0.4) is 0 Å². The van der Waals surface area contributed by atoms with Crippen molar-refractivity contribution >= 4 is 5.91 Å². The van der Waals surface area contributed by atoms with E-state index in [1.807, 2.05) is 4.90 Å². The fourth-order valence-electron chi connectivity index (χ4n) is 3.40. The third kappa shape index (κ3) is 2.85. The van der Waals surface area contributed by atoms with E-state index in [2.05, 4.69) is 15.3 Å². The summed E-state index contributed by atoms with van der Waals surface area (Å²) in [4.78, 5) is 22.9. The summed E-state index contributed by atoms with van der Waals surface area (Å²) in [6.07, 6.45) is 3.35. The van der Waals surface area contributed by atoms with Crippen molar-refractivity contribution in [2.24, 2.45) is 5.41 Å². The molecular formula is C15H22N4O3. The van der Waals surface area contributed by atoms with Gasteiger partial charge in [-0.25, -0.2) is 0 Å². The number of carbonyl (C=O) groups excluding carboxylic acids is 1. The maximum absolute atomic E-state index is 12.8. The first-order valence-electron chi connectivity index (χ1n) is 7.63. The predicted octanol–water partition coefficient (Wildman–Crippen LogP) is 0.710. The Kier molecular flexibility index (Phi) is 4.15. The summed E-state index contributed by atoms with van der Waals surface area (Å²) in [5, 5.41) is 3.41. The number of aromatic nitrogens is 2. The van der Waals surface area contributed by atoms with E-state index in [0.29, 0.717) is 11.6 Å². The Balaban J connectivity index is 1.81. The van der Waals surface area contributed by atoms with Crippen LogP contribution in [0.2, 0.25) is 0 Å². The van der Waals surface area contributed by atoms with E-state index in [1.54, 1.807) is 6.07 Å². The van der Waals surface area contributed by atoms with Gasteiger partial charge in [0, 0.05) is 31.1 Å². The van der Waals surface area contributed by atoms with Gasteiger partial charge < -0.3 is 19.7 Å². The molecule has 1 N–H and O–H groups in total. The zero-order valence-corrected chi connectivity index (χ0v) is 13.1. The highest BCUT2D eigenvalue weighted by atomic mass is 16.5. The van der Waals surface area contributed by atoms with Crippen LogP contribution in [-0.4, -0.2) is 61.2 Å². The molecular weight excluding hydrogens is 284 g/mol. The second kappa shape index (κ2) is 6.08. The summed E-state index contributed by atoms with van der Waals surface area (Å²) >= 11 is 0. The van der Waals surface area contributed by atoms with Crippen LogP contribution in [-0.2, 0) is 0 Å². The van der Waals surface area contributed by atoms with Gasteiger partial charge >= 0.3 is 6.01 Å².